The fourth-order valence-corrected chi connectivity index (χ4v) is 1.96. The summed E-state index contributed by atoms with van der Waals surface area (Å²) >= 11 is 0. The quantitative estimate of drug-likeness (QED) is 0.579. The SMILES string of the molecule is Cc1ccc2ccc3cnc(=O)[nH]c3c2c1. The van der Waals surface area contributed by atoms with Gasteiger partial charge in [-0.05, 0) is 18.4 Å². The molecule has 0 radical (unpaired) electrons. The number of nitrogens with zero attached hydrogens (tertiary/aromatic N) is 1. The Balaban J connectivity index is 2.60. The van der Waals surface area contributed by atoms with Crippen molar-refractivity contribution in [3.05, 3.63) is 52.6 Å². The van der Waals surface area contributed by atoms with Gasteiger partial charge < -0.3 is 4.98 Å². The largest absolute Gasteiger partial charge is 0.345 e. The van der Waals surface area contributed by atoms with Crippen molar-refractivity contribution in [1.82, 2.24) is 9.97 Å². The fraction of sp³-hybridized carbons (Fsp3) is 0.0769. The number of rotatable bonds is 0. The highest BCUT2D eigenvalue weighted by Crippen LogP contribution is 2.23. The monoisotopic (exact) mass is 210 g/mol. The van der Waals surface area contributed by atoms with Gasteiger partial charge in [0.1, 0.15) is 0 Å². The van der Waals surface area contributed by atoms with E-state index in [9.17, 15) is 4.79 Å². The van der Waals surface area contributed by atoms with E-state index in [0.717, 1.165) is 21.7 Å². The van der Waals surface area contributed by atoms with Crippen LogP contribution in [-0.4, -0.2) is 9.97 Å². The predicted octanol–water partition coefficient (Wildman–Crippen LogP) is 2.38. The van der Waals surface area contributed by atoms with E-state index in [2.05, 4.69) is 28.2 Å². The highest BCUT2D eigenvalue weighted by Gasteiger charge is 2.01. The summed E-state index contributed by atoms with van der Waals surface area (Å²) in [6, 6.07) is 10.2. The summed E-state index contributed by atoms with van der Waals surface area (Å²) in [6.07, 6.45) is 1.61. The molecule has 3 nitrogen and oxygen atoms in total. The number of benzene rings is 2. The second-order valence-corrected chi connectivity index (χ2v) is 3.94. The van der Waals surface area contributed by atoms with Gasteiger partial charge in [-0.25, -0.2) is 9.78 Å². The summed E-state index contributed by atoms with van der Waals surface area (Å²) in [5.41, 5.74) is 1.74. The van der Waals surface area contributed by atoms with E-state index in [-0.39, 0.29) is 5.69 Å². The van der Waals surface area contributed by atoms with Crippen molar-refractivity contribution in [1.29, 1.82) is 0 Å². The van der Waals surface area contributed by atoms with Gasteiger partial charge in [0.2, 0.25) is 0 Å². The number of aryl methyl sites for hydroxylation is 1. The van der Waals surface area contributed by atoms with Gasteiger partial charge in [0.25, 0.3) is 0 Å². The van der Waals surface area contributed by atoms with Crippen LogP contribution in [0.15, 0.2) is 41.3 Å². The number of hydrogen-bond acceptors (Lipinski definition) is 2. The van der Waals surface area contributed by atoms with Crippen molar-refractivity contribution in [2.75, 3.05) is 0 Å². The minimum atomic E-state index is -0.304. The average molecular weight is 210 g/mol. The molecule has 78 valence electrons. The summed E-state index contributed by atoms with van der Waals surface area (Å²) in [5.74, 6) is 0. The molecule has 0 aliphatic heterocycles. The molecule has 1 N–H and O–H groups in total. The van der Waals surface area contributed by atoms with Crippen LogP contribution in [0.1, 0.15) is 5.56 Å². The van der Waals surface area contributed by atoms with Gasteiger partial charge in [0.15, 0.2) is 0 Å². The van der Waals surface area contributed by atoms with Crippen LogP contribution in [0.2, 0.25) is 0 Å². The van der Waals surface area contributed by atoms with E-state index in [1.807, 2.05) is 19.1 Å². The third-order valence-corrected chi connectivity index (χ3v) is 2.76. The molecule has 0 aliphatic carbocycles. The zero-order chi connectivity index (χ0) is 11.1. The summed E-state index contributed by atoms with van der Waals surface area (Å²) in [4.78, 5) is 17.8. The molecule has 0 fully saturated rings. The van der Waals surface area contributed by atoms with Crippen LogP contribution in [0, 0.1) is 6.92 Å². The van der Waals surface area contributed by atoms with Gasteiger partial charge in [-0.15, -0.1) is 0 Å². The van der Waals surface area contributed by atoms with Crippen LogP contribution in [0.4, 0.5) is 0 Å². The molecular formula is C13H10N2O. The number of aromatic amines is 1. The molecule has 0 saturated carbocycles. The van der Waals surface area contributed by atoms with Crippen molar-refractivity contribution < 1.29 is 0 Å². The van der Waals surface area contributed by atoms with Crippen molar-refractivity contribution >= 4 is 21.7 Å². The minimum absolute atomic E-state index is 0.304. The molecule has 0 unspecified atom stereocenters. The first-order valence-electron chi connectivity index (χ1n) is 5.12. The average Bonchev–Trinajstić information content (AvgIpc) is 2.29. The highest BCUT2D eigenvalue weighted by atomic mass is 16.1. The zero-order valence-electron chi connectivity index (χ0n) is 8.82. The Labute approximate surface area is 91.8 Å². The van der Waals surface area contributed by atoms with Gasteiger partial charge in [0, 0.05) is 17.0 Å². The fourth-order valence-electron chi connectivity index (χ4n) is 1.96. The Morgan fingerprint density at radius 3 is 2.75 bits per heavy atom. The Bertz CT molecular complexity index is 744. The molecule has 3 aromatic rings. The Morgan fingerprint density at radius 1 is 1.12 bits per heavy atom. The maximum atomic E-state index is 11.2. The van der Waals surface area contributed by atoms with E-state index in [0.29, 0.717) is 0 Å². The smallest absolute Gasteiger partial charge is 0.305 e. The molecule has 1 aromatic heterocycles. The number of fused-ring (bicyclic) bond motifs is 3. The van der Waals surface area contributed by atoms with Gasteiger partial charge in [0.05, 0.1) is 5.52 Å². The standard InChI is InChI=1S/C13H10N2O/c1-8-2-3-9-4-5-10-7-14-13(16)15-12(10)11(9)6-8/h2-7H,1H3,(H,14,15,16). The topological polar surface area (TPSA) is 45.8 Å². The second kappa shape index (κ2) is 3.17. The van der Waals surface area contributed by atoms with Crippen molar-refractivity contribution in [2.24, 2.45) is 0 Å². The molecule has 0 aliphatic rings. The zero-order valence-corrected chi connectivity index (χ0v) is 8.82. The maximum Gasteiger partial charge on any atom is 0.345 e. The molecule has 1 heterocycles. The van der Waals surface area contributed by atoms with Gasteiger partial charge in [-0.2, -0.15) is 0 Å². The van der Waals surface area contributed by atoms with Crippen LogP contribution in [0.5, 0.6) is 0 Å². The number of hydrogen-bond donors (Lipinski definition) is 1. The first kappa shape index (κ1) is 9.09. The summed E-state index contributed by atoms with van der Waals surface area (Å²) < 4.78 is 0. The van der Waals surface area contributed by atoms with Crippen LogP contribution in [0.3, 0.4) is 0 Å². The lowest BCUT2D eigenvalue weighted by molar-refractivity contribution is 1.12. The third kappa shape index (κ3) is 1.29. The summed E-state index contributed by atoms with van der Waals surface area (Å²) in [7, 11) is 0. The molecule has 0 amide bonds. The molecule has 0 bridgehead atoms. The van der Waals surface area contributed by atoms with E-state index in [1.165, 1.54) is 5.56 Å². The van der Waals surface area contributed by atoms with E-state index in [1.54, 1.807) is 6.20 Å². The minimum Gasteiger partial charge on any atom is -0.305 e. The maximum absolute atomic E-state index is 11.2. The number of H-pyrrole nitrogens is 1. The molecule has 3 heteroatoms. The van der Waals surface area contributed by atoms with Gasteiger partial charge >= 0.3 is 5.69 Å². The third-order valence-electron chi connectivity index (χ3n) is 2.76. The van der Waals surface area contributed by atoms with Crippen LogP contribution in [-0.2, 0) is 0 Å². The molecule has 3 rings (SSSR count). The molecule has 0 atom stereocenters. The van der Waals surface area contributed by atoms with Gasteiger partial charge in [-0.3, -0.25) is 0 Å². The molecule has 0 saturated heterocycles. The Hall–Kier alpha value is -2.16. The number of aromatic nitrogens is 2. The predicted molar refractivity (Wildman–Crippen MR) is 64.6 cm³/mol. The first-order chi connectivity index (χ1) is 7.74. The van der Waals surface area contributed by atoms with Crippen LogP contribution < -0.4 is 5.69 Å². The lowest BCUT2D eigenvalue weighted by atomic mass is 10.0. The summed E-state index contributed by atoms with van der Waals surface area (Å²) in [5, 5.41) is 3.15. The highest BCUT2D eigenvalue weighted by molar-refractivity contribution is 6.04. The normalized spacial score (nSPS) is 11.1. The molecular weight excluding hydrogens is 200 g/mol. The molecule has 2 aromatic carbocycles. The van der Waals surface area contributed by atoms with Crippen LogP contribution >= 0.6 is 0 Å². The lowest BCUT2D eigenvalue weighted by Crippen LogP contribution is -2.08. The first-order valence-corrected chi connectivity index (χ1v) is 5.12. The Morgan fingerprint density at radius 2 is 1.88 bits per heavy atom. The summed E-state index contributed by atoms with van der Waals surface area (Å²) in [6.45, 7) is 2.04. The number of nitrogens with one attached hydrogen (secondary N) is 1. The molecule has 16 heavy (non-hydrogen) atoms. The van der Waals surface area contributed by atoms with Gasteiger partial charge in [-0.1, -0.05) is 29.8 Å². The van der Waals surface area contributed by atoms with Crippen molar-refractivity contribution in [3.63, 3.8) is 0 Å². The second-order valence-electron chi connectivity index (χ2n) is 3.94. The Kier molecular flexibility index (Phi) is 1.80. The van der Waals surface area contributed by atoms with Crippen molar-refractivity contribution in [3.8, 4) is 0 Å². The van der Waals surface area contributed by atoms with Crippen molar-refractivity contribution in [2.45, 2.75) is 6.92 Å². The lowest BCUT2D eigenvalue weighted by Gasteiger charge is -2.03. The van der Waals surface area contributed by atoms with E-state index in [4.69, 9.17) is 0 Å². The van der Waals surface area contributed by atoms with E-state index >= 15 is 0 Å². The molecule has 0 spiro atoms. The van der Waals surface area contributed by atoms with E-state index < -0.39 is 0 Å². The van der Waals surface area contributed by atoms with Crippen LogP contribution in [0.25, 0.3) is 21.7 Å².